The van der Waals surface area contributed by atoms with Crippen LogP contribution < -0.4 is 0 Å². The number of rotatable bonds is 2. The maximum Gasteiger partial charge on any atom is 0.352 e. The van der Waals surface area contributed by atoms with Crippen LogP contribution in [0.1, 0.15) is 13.3 Å². The van der Waals surface area contributed by atoms with Crippen LogP contribution in [0.15, 0.2) is 11.8 Å². The van der Waals surface area contributed by atoms with E-state index in [0.29, 0.717) is 5.75 Å². The van der Waals surface area contributed by atoms with E-state index in [1.54, 1.807) is 0 Å². The van der Waals surface area contributed by atoms with Crippen molar-refractivity contribution in [3.63, 3.8) is 0 Å². The summed E-state index contributed by atoms with van der Waals surface area (Å²) >= 11 is -1.09. The van der Waals surface area contributed by atoms with Gasteiger partial charge in [-0.3, -0.25) is 14.5 Å². The topological polar surface area (TPSA) is 83.9 Å². The maximum absolute atomic E-state index is 11.3. The normalized spacial score (nSPS) is 29.9. The van der Waals surface area contributed by atoms with Crippen LogP contribution in [-0.2, 0) is 18.6 Å². The highest BCUT2D eigenvalue weighted by Gasteiger charge is 2.47. The predicted molar refractivity (Wildman–Crippen MR) is 56.6 cm³/mol. The van der Waals surface area contributed by atoms with Crippen LogP contribution in [0.25, 0.3) is 0 Å². The number of carboxylic acids is 1. The lowest BCUT2D eigenvalue weighted by Crippen LogP contribution is -2.55. The van der Waals surface area contributed by atoms with Crippen molar-refractivity contribution in [2.45, 2.75) is 18.7 Å². The van der Waals surface area contributed by atoms with Gasteiger partial charge in [0, 0.05) is 12.7 Å². The minimum Gasteiger partial charge on any atom is -0.477 e. The molecule has 0 saturated carbocycles. The third-order valence-corrected chi connectivity index (χ3v) is 4.56. The van der Waals surface area contributed by atoms with Crippen LogP contribution in [-0.4, -0.2) is 39.0 Å². The van der Waals surface area contributed by atoms with Gasteiger partial charge in [0.2, 0.25) is 5.91 Å². The Morgan fingerprint density at radius 3 is 2.81 bits per heavy atom. The van der Waals surface area contributed by atoms with E-state index in [9.17, 15) is 14.4 Å². The van der Waals surface area contributed by atoms with Crippen molar-refractivity contribution in [3.8, 4) is 0 Å². The number of aliphatic carboxylic acids is 1. The number of β-lactam (4-membered cyclic amide) rings is 1. The second kappa shape index (κ2) is 3.82. The second-order valence-corrected chi connectivity index (χ2v) is 5.50. The van der Waals surface area contributed by atoms with Crippen LogP contribution in [0.5, 0.6) is 0 Å². The summed E-state index contributed by atoms with van der Waals surface area (Å²) in [6.07, 6.45) is 1.72. The van der Waals surface area contributed by atoms with E-state index in [-0.39, 0.29) is 23.4 Å². The lowest BCUT2D eigenvalue weighted by atomic mass is 10.1. The zero-order valence-electron chi connectivity index (χ0n) is 8.54. The van der Waals surface area contributed by atoms with E-state index in [1.807, 2.05) is 0 Å². The Morgan fingerprint density at radius 1 is 1.62 bits per heavy atom. The number of hydrogen-bond donors (Lipinski definition) is 2. The number of thiol groups is 1. The molecule has 0 aromatic carbocycles. The molecular formula is C9H11NO5S. The molecule has 2 atom stereocenters. The molecule has 2 aliphatic heterocycles. The van der Waals surface area contributed by atoms with E-state index < -0.39 is 23.1 Å². The number of hydrogen-bond acceptors (Lipinski definition) is 4. The smallest absolute Gasteiger partial charge is 0.352 e. The number of carbonyl (C=O) groups is 3. The molecule has 0 spiro atoms. The largest absolute Gasteiger partial charge is 0.477 e. The highest BCUT2D eigenvalue weighted by atomic mass is 32.2. The Bertz CT molecular complexity index is 405. The first-order valence-corrected chi connectivity index (χ1v) is 6.23. The average molecular weight is 245 g/mol. The molecule has 0 aromatic rings. The maximum atomic E-state index is 11.3. The molecule has 88 valence electrons. The predicted octanol–water partition coefficient (Wildman–Crippen LogP) is 0.00620. The quantitative estimate of drug-likeness (QED) is 0.528. The molecule has 2 heterocycles. The average Bonchev–Trinajstić information content (AvgIpc) is 2.17. The number of nitrogens with zero attached hydrogens (tertiary/aromatic N) is 1. The van der Waals surface area contributed by atoms with Crippen LogP contribution >= 0.6 is 11.2 Å². The van der Waals surface area contributed by atoms with Crippen LogP contribution in [0.4, 0.5) is 0 Å². The van der Waals surface area contributed by atoms with Crippen molar-refractivity contribution in [1.82, 2.24) is 4.90 Å². The molecule has 1 N–H and O–H groups in total. The molecular weight excluding hydrogens is 234 g/mol. The number of fused-ring (bicyclic) bond motifs is 1. The minimum atomic E-state index is -1.12. The van der Waals surface area contributed by atoms with Crippen LogP contribution in [0.2, 0.25) is 0 Å². The highest BCUT2D eigenvalue weighted by Crippen LogP contribution is 2.47. The highest BCUT2D eigenvalue weighted by molar-refractivity contribution is 8.13. The summed E-state index contributed by atoms with van der Waals surface area (Å²) < 4.78 is 5.10. The second-order valence-electron chi connectivity index (χ2n) is 3.53. The van der Waals surface area contributed by atoms with E-state index in [4.69, 9.17) is 9.29 Å². The first-order chi connectivity index (χ1) is 7.50. The molecule has 1 fully saturated rings. The third-order valence-electron chi connectivity index (χ3n) is 2.45. The van der Waals surface area contributed by atoms with Gasteiger partial charge in [-0.15, -0.1) is 0 Å². The van der Waals surface area contributed by atoms with Crippen molar-refractivity contribution in [2.75, 3.05) is 5.75 Å². The van der Waals surface area contributed by atoms with Gasteiger partial charge in [-0.2, -0.15) is 0 Å². The molecule has 1 saturated heterocycles. The van der Waals surface area contributed by atoms with Gasteiger partial charge in [-0.05, 0) is 6.08 Å². The lowest BCUT2D eigenvalue weighted by molar-refractivity contribution is -0.146. The minimum absolute atomic E-state index is 0.00662. The van der Waals surface area contributed by atoms with Gasteiger partial charge < -0.3 is 9.29 Å². The standard InChI is InChI=1S/C9H11NO5S/c1-5(11)15-16-3-2-6(9(13)14)10-7(12)4-8(10)16/h2,8,16H,3-4H2,1H3,(H,13,14). The number of amides is 1. The van der Waals surface area contributed by atoms with Gasteiger partial charge in [0.1, 0.15) is 11.1 Å². The molecule has 2 rings (SSSR count). The first-order valence-electron chi connectivity index (χ1n) is 4.71. The Balaban J connectivity index is 2.19. The molecule has 0 bridgehead atoms. The Kier molecular flexibility index (Phi) is 2.63. The summed E-state index contributed by atoms with van der Waals surface area (Å²) in [5.41, 5.74) is 0.00662. The Labute approximate surface area is 94.4 Å². The molecule has 6 nitrogen and oxygen atoms in total. The zero-order chi connectivity index (χ0) is 11.9. The monoisotopic (exact) mass is 245 g/mol. The SMILES string of the molecule is CC(=O)O[SH]1CC=C(C(=O)O)N2C(=O)CC21. The lowest BCUT2D eigenvalue weighted by Gasteiger charge is -2.47. The fourth-order valence-electron chi connectivity index (χ4n) is 1.78. The van der Waals surface area contributed by atoms with E-state index in [1.165, 1.54) is 17.9 Å². The molecule has 0 radical (unpaired) electrons. The van der Waals surface area contributed by atoms with Crippen molar-refractivity contribution in [1.29, 1.82) is 0 Å². The van der Waals surface area contributed by atoms with Gasteiger partial charge in [-0.1, -0.05) is 11.2 Å². The summed E-state index contributed by atoms with van der Waals surface area (Å²) in [7, 11) is 0. The summed E-state index contributed by atoms with van der Waals surface area (Å²) in [6.45, 7) is 1.31. The van der Waals surface area contributed by atoms with Gasteiger partial charge >= 0.3 is 11.9 Å². The van der Waals surface area contributed by atoms with E-state index in [2.05, 4.69) is 0 Å². The fraction of sp³-hybridized carbons (Fsp3) is 0.444. The molecule has 2 unspecified atom stereocenters. The molecule has 1 amide bonds. The van der Waals surface area contributed by atoms with E-state index in [0.717, 1.165) is 0 Å². The fourth-order valence-corrected chi connectivity index (χ4v) is 3.77. The Morgan fingerprint density at radius 2 is 2.31 bits per heavy atom. The van der Waals surface area contributed by atoms with Crippen molar-refractivity contribution >= 4 is 29.0 Å². The summed E-state index contributed by atoms with van der Waals surface area (Å²) in [6, 6.07) is 0. The molecule has 0 aliphatic carbocycles. The number of carbonyl (C=O) groups excluding carboxylic acids is 2. The van der Waals surface area contributed by atoms with Crippen molar-refractivity contribution in [2.24, 2.45) is 0 Å². The molecule has 0 aromatic heterocycles. The zero-order valence-corrected chi connectivity index (χ0v) is 9.44. The van der Waals surface area contributed by atoms with Gasteiger partial charge in [0.25, 0.3) is 0 Å². The summed E-state index contributed by atoms with van der Waals surface area (Å²) in [4.78, 5) is 34.2. The van der Waals surface area contributed by atoms with E-state index >= 15 is 0 Å². The third kappa shape index (κ3) is 1.67. The first kappa shape index (κ1) is 11.0. The van der Waals surface area contributed by atoms with Gasteiger partial charge in [0.15, 0.2) is 0 Å². The number of carboxylic acid groups (broad SMARTS) is 1. The molecule has 2 aliphatic rings. The van der Waals surface area contributed by atoms with Crippen LogP contribution in [0.3, 0.4) is 0 Å². The van der Waals surface area contributed by atoms with Gasteiger partial charge in [-0.25, -0.2) is 4.79 Å². The van der Waals surface area contributed by atoms with Crippen molar-refractivity contribution < 1.29 is 23.7 Å². The summed E-state index contributed by atoms with van der Waals surface area (Å²) in [5.74, 6) is -1.32. The van der Waals surface area contributed by atoms with Crippen molar-refractivity contribution in [3.05, 3.63) is 11.8 Å². The molecule has 7 heteroatoms. The van der Waals surface area contributed by atoms with Crippen LogP contribution in [0, 0.1) is 0 Å². The van der Waals surface area contributed by atoms with Gasteiger partial charge in [0.05, 0.1) is 6.42 Å². The molecule has 16 heavy (non-hydrogen) atoms. The summed E-state index contributed by atoms with van der Waals surface area (Å²) in [5, 5.41) is 8.64. The Hall–Kier alpha value is -1.50.